The zero-order chi connectivity index (χ0) is 11.6. The summed E-state index contributed by atoms with van der Waals surface area (Å²) in [4.78, 5) is 25.1. The number of carbonyl (C=O) groups is 2. The average Bonchev–Trinajstić information content (AvgIpc) is 2.93. The summed E-state index contributed by atoms with van der Waals surface area (Å²) in [5.74, 6) is -0.261. The highest BCUT2D eigenvalue weighted by Gasteiger charge is 2.59. The van der Waals surface area contributed by atoms with Crippen molar-refractivity contribution < 1.29 is 9.59 Å². The third-order valence-corrected chi connectivity index (χ3v) is 4.06. The maximum absolute atomic E-state index is 11.9. The fourth-order valence-electron chi connectivity index (χ4n) is 2.34. The van der Waals surface area contributed by atoms with E-state index in [-0.39, 0.29) is 23.7 Å². The smallest absolute Gasteiger partial charge is 0.237 e. The zero-order valence-corrected chi connectivity index (χ0v) is 9.48. The number of piperidine rings is 1. The van der Waals surface area contributed by atoms with Gasteiger partial charge in [-0.2, -0.15) is 0 Å². The molecule has 4 rings (SSSR count). The fraction of sp³-hybridized carbons (Fsp3) is 0.273. The van der Waals surface area contributed by atoms with Crippen LogP contribution in [0.2, 0.25) is 0 Å². The average molecular weight is 245 g/mol. The molecule has 84 valence electrons. The molecule has 2 heterocycles. The van der Waals surface area contributed by atoms with Crippen LogP contribution in [0.3, 0.4) is 0 Å². The number of amides is 2. The minimum atomic E-state index is -0.0671. The highest BCUT2D eigenvalue weighted by atomic mass is 32.1. The van der Waals surface area contributed by atoms with Crippen molar-refractivity contribution in [3.05, 3.63) is 18.2 Å². The van der Waals surface area contributed by atoms with E-state index in [4.69, 9.17) is 0 Å². The largest absolute Gasteiger partial charge is 0.274 e. The predicted molar refractivity (Wildman–Crippen MR) is 61.5 cm³/mol. The molecule has 2 aliphatic rings. The van der Waals surface area contributed by atoms with E-state index in [0.717, 1.165) is 16.6 Å². The van der Waals surface area contributed by atoms with Gasteiger partial charge in [0, 0.05) is 0 Å². The number of carbonyl (C=O) groups excluding carboxylic acids is 2. The van der Waals surface area contributed by atoms with Gasteiger partial charge in [-0.1, -0.05) is 4.49 Å². The van der Waals surface area contributed by atoms with Gasteiger partial charge in [0.1, 0.15) is 5.52 Å². The van der Waals surface area contributed by atoms with Crippen LogP contribution in [0.15, 0.2) is 18.2 Å². The van der Waals surface area contributed by atoms with Crippen LogP contribution in [0.1, 0.15) is 6.42 Å². The van der Waals surface area contributed by atoms with Crippen molar-refractivity contribution in [3.63, 3.8) is 0 Å². The van der Waals surface area contributed by atoms with Crippen molar-refractivity contribution in [2.75, 3.05) is 4.90 Å². The van der Waals surface area contributed by atoms with Gasteiger partial charge in [0.2, 0.25) is 11.8 Å². The highest BCUT2D eigenvalue weighted by Crippen LogP contribution is 2.48. The van der Waals surface area contributed by atoms with Gasteiger partial charge in [-0.25, -0.2) is 4.90 Å². The van der Waals surface area contributed by atoms with Crippen LogP contribution in [-0.4, -0.2) is 21.4 Å². The van der Waals surface area contributed by atoms with E-state index >= 15 is 0 Å². The first-order valence-electron chi connectivity index (χ1n) is 5.35. The summed E-state index contributed by atoms with van der Waals surface area (Å²) in [7, 11) is 0. The molecule has 0 spiro atoms. The second-order valence-corrected chi connectivity index (χ2v) is 5.17. The monoisotopic (exact) mass is 245 g/mol. The number of imide groups is 1. The molecule has 1 aliphatic carbocycles. The third-order valence-electron chi connectivity index (χ3n) is 3.35. The second kappa shape index (κ2) is 2.89. The molecule has 2 amide bonds. The summed E-state index contributed by atoms with van der Waals surface area (Å²) in [6.45, 7) is 0. The van der Waals surface area contributed by atoms with Crippen LogP contribution in [0, 0.1) is 11.8 Å². The van der Waals surface area contributed by atoms with Gasteiger partial charge in [-0.3, -0.25) is 9.59 Å². The van der Waals surface area contributed by atoms with Gasteiger partial charge in [-0.15, -0.1) is 5.10 Å². The molecule has 0 radical (unpaired) electrons. The van der Waals surface area contributed by atoms with Gasteiger partial charge >= 0.3 is 0 Å². The standard InChI is InChI=1S/C11H7N3O2S/c15-10-6-4-7(6)11(16)14(10)5-1-2-9-8(3-5)12-13-17-9/h1-3,6-7H,4H2/t6-,7+. The van der Waals surface area contributed by atoms with Crippen LogP contribution >= 0.6 is 11.5 Å². The van der Waals surface area contributed by atoms with Crippen molar-refractivity contribution in [2.24, 2.45) is 11.8 Å². The van der Waals surface area contributed by atoms with Crippen LogP contribution in [0.4, 0.5) is 5.69 Å². The van der Waals surface area contributed by atoms with Gasteiger partial charge < -0.3 is 0 Å². The van der Waals surface area contributed by atoms with E-state index in [1.54, 1.807) is 12.1 Å². The van der Waals surface area contributed by atoms with Gasteiger partial charge in [0.15, 0.2) is 0 Å². The molecule has 17 heavy (non-hydrogen) atoms. The zero-order valence-electron chi connectivity index (χ0n) is 8.66. The lowest BCUT2D eigenvalue weighted by Gasteiger charge is -2.15. The summed E-state index contributed by atoms with van der Waals surface area (Å²) in [6, 6.07) is 5.38. The first-order chi connectivity index (χ1) is 8.25. The maximum Gasteiger partial charge on any atom is 0.237 e. The summed E-state index contributed by atoms with van der Waals surface area (Å²) in [6.07, 6.45) is 0.731. The highest BCUT2D eigenvalue weighted by molar-refractivity contribution is 7.12. The fourth-order valence-corrected chi connectivity index (χ4v) is 2.88. The van der Waals surface area contributed by atoms with E-state index < -0.39 is 0 Å². The Morgan fingerprint density at radius 1 is 1.24 bits per heavy atom. The van der Waals surface area contributed by atoms with Gasteiger partial charge in [0.05, 0.1) is 22.2 Å². The van der Waals surface area contributed by atoms with Crippen molar-refractivity contribution in [1.29, 1.82) is 0 Å². The molecule has 2 aromatic rings. The number of rotatable bonds is 1. The Balaban J connectivity index is 1.83. The van der Waals surface area contributed by atoms with E-state index in [1.807, 2.05) is 6.07 Å². The van der Waals surface area contributed by atoms with Gasteiger partial charge in [0.25, 0.3) is 0 Å². The lowest BCUT2D eigenvalue weighted by atomic mass is 10.2. The number of anilines is 1. The maximum atomic E-state index is 11.9. The predicted octanol–water partition coefficient (Wildman–Crippen LogP) is 1.20. The second-order valence-electron chi connectivity index (χ2n) is 4.39. The Labute approximate surface area is 100 Å². The van der Waals surface area contributed by atoms with Crippen LogP contribution < -0.4 is 4.90 Å². The summed E-state index contributed by atoms with van der Waals surface area (Å²) >= 11 is 1.30. The quantitative estimate of drug-likeness (QED) is 0.708. The molecule has 1 saturated heterocycles. The van der Waals surface area contributed by atoms with Crippen LogP contribution in [-0.2, 0) is 9.59 Å². The number of hydrogen-bond donors (Lipinski definition) is 0. The number of nitrogens with zero attached hydrogens (tertiary/aromatic N) is 3. The molecule has 6 heteroatoms. The lowest BCUT2D eigenvalue weighted by molar-refractivity contribution is -0.123. The molecule has 0 bridgehead atoms. The Morgan fingerprint density at radius 2 is 2.00 bits per heavy atom. The Hall–Kier alpha value is -1.82. The topological polar surface area (TPSA) is 63.2 Å². The minimum absolute atomic E-state index is 0.0632. The van der Waals surface area contributed by atoms with E-state index in [0.29, 0.717) is 5.69 Å². The number of aromatic nitrogens is 2. The third kappa shape index (κ3) is 1.13. The Bertz CT molecular complexity index is 646. The minimum Gasteiger partial charge on any atom is -0.274 e. The van der Waals surface area contributed by atoms with Crippen LogP contribution in [0.25, 0.3) is 10.2 Å². The molecule has 0 unspecified atom stereocenters. The summed E-state index contributed by atoms with van der Waals surface area (Å²) in [5.41, 5.74) is 1.35. The Kier molecular flexibility index (Phi) is 1.57. The first-order valence-corrected chi connectivity index (χ1v) is 6.13. The van der Waals surface area contributed by atoms with Crippen molar-refractivity contribution >= 4 is 39.3 Å². The normalized spacial score (nSPS) is 26.7. The lowest BCUT2D eigenvalue weighted by Crippen LogP contribution is -2.32. The molecule has 1 saturated carbocycles. The van der Waals surface area contributed by atoms with E-state index in [2.05, 4.69) is 9.59 Å². The van der Waals surface area contributed by atoms with Crippen molar-refractivity contribution in [2.45, 2.75) is 6.42 Å². The number of hydrogen-bond acceptors (Lipinski definition) is 5. The summed E-state index contributed by atoms with van der Waals surface area (Å²) in [5, 5.41) is 3.95. The number of benzene rings is 1. The molecule has 0 N–H and O–H groups in total. The molecule has 2 fully saturated rings. The Morgan fingerprint density at radius 3 is 2.76 bits per heavy atom. The van der Waals surface area contributed by atoms with Gasteiger partial charge in [-0.05, 0) is 36.2 Å². The van der Waals surface area contributed by atoms with Crippen molar-refractivity contribution in [3.8, 4) is 0 Å². The van der Waals surface area contributed by atoms with Crippen LogP contribution in [0.5, 0.6) is 0 Å². The molecular formula is C11H7N3O2S. The molecule has 1 aromatic carbocycles. The van der Waals surface area contributed by atoms with E-state index in [1.165, 1.54) is 16.4 Å². The first kappa shape index (κ1) is 9.23. The molecule has 2 atom stereocenters. The molecule has 1 aromatic heterocycles. The summed E-state index contributed by atoms with van der Waals surface area (Å²) < 4.78 is 4.79. The van der Waals surface area contributed by atoms with E-state index in [9.17, 15) is 9.59 Å². The molecule has 1 aliphatic heterocycles. The number of fused-ring (bicyclic) bond motifs is 2. The molecular weight excluding hydrogens is 238 g/mol. The molecule has 5 nitrogen and oxygen atoms in total. The van der Waals surface area contributed by atoms with Crippen molar-refractivity contribution in [1.82, 2.24) is 9.59 Å². The SMILES string of the molecule is O=C1[C@H]2C[C@H]2C(=O)N1c1ccc2snnc2c1.